The molecule has 0 bridgehead atoms. The van der Waals surface area contributed by atoms with Gasteiger partial charge in [0.15, 0.2) is 0 Å². The lowest BCUT2D eigenvalue weighted by molar-refractivity contribution is -0.126. The third-order valence-electron chi connectivity index (χ3n) is 3.82. The molecule has 0 radical (unpaired) electrons. The van der Waals surface area contributed by atoms with Crippen LogP contribution >= 0.6 is 0 Å². The van der Waals surface area contributed by atoms with E-state index in [0.29, 0.717) is 12.3 Å². The monoisotopic (exact) mass is 304 g/mol. The van der Waals surface area contributed by atoms with Gasteiger partial charge in [-0.3, -0.25) is 0 Å². The number of anilines is 1. The first kappa shape index (κ1) is 16.1. The SMILES string of the molecule is CC(CC1CCN(c2ccc(F)cc2)C1)NCC(F)(F)F. The van der Waals surface area contributed by atoms with E-state index in [9.17, 15) is 17.6 Å². The van der Waals surface area contributed by atoms with Crippen LogP contribution in [0.15, 0.2) is 24.3 Å². The highest BCUT2D eigenvalue weighted by molar-refractivity contribution is 5.47. The lowest BCUT2D eigenvalue weighted by atomic mass is 10.00. The quantitative estimate of drug-likeness (QED) is 0.837. The van der Waals surface area contributed by atoms with Crippen LogP contribution in [-0.4, -0.2) is 31.9 Å². The highest BCUT2D eigenvalue weighted by atomic mass is 19.4. The van der Waals surface area contributed by atoms with Crippen molar-refractivity contribution >= 4 is 5.69 Å². The third kappa shape index (κ3) is 5.19. The van der Waals surface area contributed by atoms with Gasteiger partial charge < -0.3 is 10.2 Å². The fraction of sp³-hybridized carbons (Fsp3) is 0.600. The minimum Gasteiger partial charge on any atom is -0.371 e. The zero-order valence-corrected chi connectivity index (χ0v) is 12.0. The summed E-state index contributed by atoms with van der Waals surface area (Å²) in [5, 5.41) is 2.52. The van der Waals surface area contributed by atoms with Crippen LogP contribution in [0.2, 0.25) is 0 Å². The fourth-order valence-electron chi connectivity index (χ4n) is 2.78. The van der Waals surface area contributed by atoms with E-state index in [1.807, 2.05) is 0 Å². The van der Waals surface area contributed by atoms with Gasteiger partial charge in [0.2, 0.25) is 0 Å². The van der Waals surface area contributed by atoms with E-state index in [1.54, 1.807) is 19.1 Å². The molecular formula is C15H20F4N2. The molecule has 1 aromatic carbocycles. The van der Waals surface area contributed by atoms with Crippen molar-refractivity contribution in [2.45, 2.75) is 32.0 Å². The van der Waals surface area contributed by atoms with Crippen LogP contribution < -0.4 is 10.2 Å². The number of hydrogen-bond acceptors (Lipinski definition) is 2. The molecule has 118 valence electrons. The predicted molar refractivity (Wildman–Crippen MR) is 74.9 cm³/mol. The van der Waals surface area contributed by atoms with Gasteiger partial charge in [0.25, 0.3) is 0 Å². The average molecular weight is 304 g/mol. The second-order valence-corrected chi connectivity index (χ2v) is 5.71. The lowest BCUT2D eigenvalue weighted by Gasteiger charge is -2.21. The Morgan fingerprint density at radius 1 is 1.29 bits per heavy atom. The molecule has 6 heteroatoms. The molecule has 0 aromatic heterocycles. The molecule has 1 fully saturated rings. The van der Waals surface area contributed by atoms with Gasteiger partial charge in [-0.25, -0.2) is 4.39 Å². The lowest BCUT2D eigenvalue weighted by Crippen LogP contribution is -2.36. The Morgan fingerprint density at radius 3 is 2.57 bits per heavy atom. The first-order chi connectivity index (χ1) is 9.83. The molecule has 2 unspecified atom stereocenters. The minimum atomic E-state index is -4.16. The Kier molecular flexibility index (Phi) is 5.08. The first-order valence-electron chi connectivity index (χ1n) is 7.14. The van der Waals surface area contributed by atoms with E-state index in [1.165, 1.54) is 12.1 Å². The number of hydrogen-bond donors (Lipinski definition) is 1. The van der Waals surface area contributed by atoms with E-state index in [4.69, 9.17) is 0 Å². The zero-order chi connectivity index (χ0) is 15.5. The van der Waals surface area contributed by atoms with Crippen molar-refractivity contribution in [3.8, 4) is 0 Å². The van der Waals surface area contributed by atoms with E-state index >= 15 is 0 Å². The topological polar surface area (TPSA) is 15.3 Å². The first-order valence-corrected chi connectivity index (χ1v) is 7.14. The van der Waals surface area contributed by atoms with Crippen LogP contribution in [0.3, 0.4) is 0 Å². The summed E-state index contributed by atoms with van der Waals surface area (Å²) in [5.74, 6) is 0.102. The molecule has 0 saturated carbocycles. The van der Waals surface area contributed by atoms with Crippen LogP contribution in [-0.2, 0) is 0 Å². The number of halogens is 4. The smallest absolute Gasteiger partial charge is 0.371 e. The molecule has 0 amide bonds. The summed E-state index contributed by atoms with van der Waals surface area (Å²) in [6.45, 7) is 2.51. The largest absolute Gasteiger partial charge is 0.401 e. The molecule has 1 aliphatic heterocycles. The normalized spacial score (nSPS) is 20.8. The van der Waals surface area contributed by atoms with Crippen LogP contribution in [0.5, 0.6) is 0 Å². The molecule has 0 aliphatic carbocycles. The maximum atomic E-state index is 12.9. The maximum Gasteiger partial charge on any atom is 0.401 e. The number of alkyl halides is 3. The van der Waals surface area contributed by atoms with Crippen LogP contribution in [0, 0.1) is 11.7 Å². The fourth-order valence-corrected chi connectivity index (χ4v) is 2.78. The van der Waals surface area contributed by atoms with Gasteiger partial charge >= 0.3 is 6.18 Å². The van der Waals surface area contributed by atoms with Crippen molar-refractivity contribution in [2.75, 3.05) is 24.5 Å². The molecule has 21 heavy (non-hydrogen) atoms. The third-order valence-corrected chi connectivity index (χ3v) is 3.82. The summed E-state index contributed by atoms with van der Waals surface area (Å²) >= 11 is 0. The summed E-state index contributed by atoms with van der Waals surface area (Å²) in [6, 6.07) is 6.17. The van der Waals surface area contributed by atoms with E-state index in [0.717, 1.165) is 25.2 Å². The summed E-state index contributed by atoms with van der Waals surface area (Å²) in [7, 11) is 0. The van der Waals surface area contributed by atoms with Crippen molar-refractivity contribution in [3.05, 3.63) is 30.1 Å². The van der Waals surface area contributed by atoms with Crippen molar-refractivity contribution < 1.29 is 17.6 Å². The van der Waals surface area contributed by atoms with Crippen molar-refractivity contribution in [1.29, 1.82) is 0 Å². The van der Waals surface area contributed by atoms with E-state index in [2.05, 4.69) is 10.2 Å². The van der Waals surface area contributed by atoms with Gasteiger partial charge in [0, 0.05) is 24.8 Å². The van der Waals surface area contributed by atoms with Gasteiger partial charge in [0.1, 0.15) is 5.82 Å². The van der Waals surface area contributed by atoms with Gasteiger partial charge in [-0.15, -0.1) is 0 Å². The van der Waals surface area contributed by atoms with Gasteiger partial charge in [-0.05, 0) is 49.9 Å². The van der Waals surface area contributed by atoms with Crippen LogP contribution in [0.25, 0.3) is 0 Å². The van der Waals surface area contributed by atoms with Gasteiger partial charge in [-0.2, -0.15) is 13.2 Å². The van der Waals surface area contributed by atoms with Gasteiger partial charge in [0.05, 0.1) is 6.54 Å². The molecule has 2 rings (SSSR count). The maximum absolute atomic E-state index is 12.9. The average Bonchev–Trinajstić information content (AvgIpc) is 2.85. The number of nitrogens with zero attached hydrogens (tertiary/aromatic N) is 1. The Balaban J connectivity index is 1.78. The van der Waals surface area contributed by atoms with Crippen molar-refractivity contribution in [1.82, 2.24) is 5.32 Å². The summed E-state index contributed by atoms with van der Waals surface area (Å²) in [6.07, 6.45) is -2.49. The Morgan fingerprint density at radius 2 is 1.95 bits per heavy atom. The van der Waals surface area contributed by atoms with Crippen LogP contribution in [0.1, 0.15) is 19.8 Å². The zero-order valence-electron chi connectivity index (χ0n) is 12.0. The highest BCUT2D eigenvalue weighted by Crippen LogP contribution is 2.26. The number of nitrogens with one attached hydrogen (secondary N) is 1. The minimum absolute atomic E-state index is 0.162. The molecule has 1 saturated heterocycles. The summed E-state index contributed by atoms with van der Waals surface area (Å²) in [5.41, 5.74) is 0.967. The second kappa shape index (κ2) is 6.64. The number of rotatable bonds is 5. The van der Waals surface area contributed by atoms with E-state index < -0.39 is 12.7 Å². The van der Waals surface area contributed by atoms with Crippen LogP contribution in [0.4, 0.5) is 23.2 Å². The second-order valence-electron chi connectivity index (χ2n) is 5.71. The Hall–Kier alpha value is -1.30. The summed E-state index contributed by atoms with van der Waals surface area (Å²) in [4.78, 5) is 2.15. The highest BCUT2D eigenvalue weighted by Gasteiger charge is 2.29. The molecule has 2 atom stereocenters. The molecule has 1 heterocycles. The Labute approximate surface area is 122 Å². The standard InChI is InChI=1S/C15H20F4N2/c1-11(20-10-15(17,18)19)8-12-6-7-21(9-12)14-4-2-13(16)3-5-14/h2-5,11-12,20H,6-10H2,1H3. The number of benzene rings is 1. The van der Waals surface area contributed by atoms with Crippen molar-refractivity contribution in [2.24, 2.45) is 5.92 Å². The predicted octanol–water partition coefficient (Wildman–Crippen LogP) is 3.58. The molecule has 1 aliphatic rings. The van der Waals surface area contributed by atoms with Gasteiger partial charge in [-0.1, -0.05) is 0 Å². The molecular weight excluding hydrogens is 284 g/mol. The molecule has 1 aromatic rings. The molecule has 2 nitrogen and oxygen atoms in total. The van der Waals surface area contributed by atoms with E-state index in [-0.39, 0.29) is 11.9 Å². The Bertz CT molecular complexity index is 444. The molecule has 0 spiro atoms. The summed E-state index contributed by atoms with van der Waals surface area (Å²) < 4.78 is 49.3. The molecule has 1 N–H and O–H groups in total. The van der Waals surface area contributed by atoms with Crippen molar-refractivity contribution in [3.63, 3.8) is 0 Å².